The largest absolute Gasteiger partial charge is 0.485 e. The van der Waals surface area contributed by atoms with Gasteiger partial charge in [-0.15, -0.1) is 0 Å². The van der Waals surface area contributed by atoms with Gasteiger partial charge in [-0.05, 0) is 39.7 Å². The molecule has 0 spiro atoms. The van der Waals surface area contributed by atoms with E-state index in [1.165, 1.54) is 12.1 Å². The highest BCUT2D eigenvalue weighted by Crippen LogP contribution is 2.24. The number of ether oxygens (including phenoxy) is 1. The lowest BCUT2D eigenvalue weighted by molar-refractivity contribution is 0.287. The van der Waals surface area contributed by atoms with Gasteiger partial charge in [-0.3, -0.25) is 0 Å². The fourth-order valence-corrected chi connectivity index (χ4v) is 2.09. The highest BCUT2D eigenvalue weighted by atomic mass is 79.9. The molecule has 2 aromatic carbocycles. The van der Waals surface area contributed by atoms with Crippen LogP contribution in [0.4, 0.5) is 8.78 Å². The molecule has 0 amide bonds. The Hall–Kier alpha value is -1.46. The van der Waals surface area contributed by atoms with Crippen LogP contribution in [-0.2, 0) is 13.2 Å². The molecule has 0 atom stereocenters. The number of nitrogens with two attached hydrogens (primary N) is 1. The minimum Gasteiger partial charge on any atom is -0.485 e. The fraction of sp³-hybridized carbons (Fsp3) is 0.143. The lowest BCUT2D eigenvalue weighted by Crippen LogP contribution is -2.04. The quantitative estimate of drug-likeness (QED) is 0.927. The predicted molar refractivity (Wildman–Crippen MR) is 72.7 cm³/mol. The molecule has 5 heteroatoms. The molecule has 0 heterocycles. The zero-order valence-corrected chi connectivity index (χ0v) is 11.6. The van der Waals surface area contributed by atoms with E-state index >= 15 is 0 Å². The minimum atomic E-state index is -0.455. The minimum absolute atomic E-state index is 0.144. The number of para-hydroxylation sites is 1. The molecule has 0 aliphatic rings. The van der Waals surface area contributed by atoms with Crippen LogP contribution in [0.15, 0.2) is 40.9 Å². The monoisotopic (exact) mass is 327 g/mol. The molecule has 0 saturated heterocycles. The zero-order valence-electron chi connectivity index (χ0n) is 10.00. The molecule has 2 rings (SSSR count). The van der Waals surface area contributed by atoms with E-state index in [9.17, 15) is 8.78 Å². The summed E-state index contributed by atoms with van der Waals surface area (Å²) in [6.45, 7) is 0.340. The van der Waals surface area contributed by atoms with Crippen molar-refractivity contribution in [2.75, 3.05) is 0 Å². The summed E-state index contributed by atoms with van der Waals surface area (Å²) in [5, 5.41) is 0. The van der Waals surface area contributed by atoms with Gasteiger partial charge in [0.25, 0.3) is 0 Å². The molecule has 0 saturated carbocycles. The second kappa shape index (κ2) is 6.12. The highest BCUT2D eigenvalue weighted by molar-refractivity contribution is 9.10. The molecule has 0 bridgehead atoms. The first kappa shape index (κ1) is 14.0. The van der Waals surface area contributed by atoms with Crippen molar-refractivity contribution in [2.45, 2.75) is 13.2 Å². The van der Waals surface area contributed by atoms with Crippen molar-refractivity contribution in [3.8, 4) is 5.75 Å². The summed E-state index contributed by atoms with van der Waals surface area (Å²) in [5.74, 6) is -0.660. The van der Waals surface area contributed by atoms with Crippen LogP contribution < -0.4 is 10.5 Å². The van der Waals surface area contributed by atoms with Gasteiger partial charge in [0.1, 0.15) is 12.4 Å². The van der Waals surface area contributed by atoms with Crippen molar-refractivity contribution in [3.63, 3.8) is 0 Å². The van der Waals surface area contributed by atoms with Gasteiger partial charge in [0, 0.05) is 12.1 Å². The molecule has 0 fully saturated rings. The van der Waals surface area contributed by atoms with E-state index in [1.54, 1.807) is 24.3 Å². The fourth-order valence-electron chi connectivity index (χ4n) is 1.66. The van der Waals surface area contributed by atoms with Crippen LogP contribution in [0.5, 0.6) is 5.75 Å². The molecule has 0 aromatic heterocycles. The Labute approximate surface area is 118 Å². The summed E-state index contributed by atoms with van der Waals surface area (Å²) in [4.78, 5) is 0. The predicted octanol–water partition coefficient (Wildman–Crippen LogP) is 3.77. The van der Waals surface area contributed by atoms with E-state index in [1.807, 2.05) is 0 Å². The van der Waals surface area contributed by atoms with Crippen molar-refractivity contribution in [1.82, 2.24) is 0 Å². The van der Waals surface area contributed by atoms with Gasteiger partial charge in [-0.2, -0.15) is 0 Å². The Morgan fingerprint density at radius 3 is 2.58 bits per heavy atom. The molecule has 0 aliphatic carbocycles. The molecule has 19 heavy (non-hydrogen) atoms. The van der Waals surface area contributed by atoms with Crippen molar-refractivity contribution in [3.05, 3.63) is 63.6 Å². The number of halogens is 3. The van der Waals surface area contributed by atoms with Crippen molar-refractivity contribution >= 4 is 15.9 Å². The molecule has 0 radical (unpaired) electrons. The van der Waals surface area contributed by atoms with Crippen LogP contribution in [0.25, 0.3) is 0 Å². The Morgan fingerprint density at radius 1 is 1.11 bits per heavy atom. The third kappa shape index (κ3) is 3.30. The first-order chi connectivity index (χ1) is 9.11. The van der Waals surface area contributed by atoms with Gasteiger partial charge in [0.2, 0.25) is 0 Å². The molecule has 0 aliphatic heterocycles. The molecule has 2 N–H and O–H groups in total. The number of rotatable bonds is 4. The molecule has 2 aromatic rings. The summed E-state index contributed by atoms with van der Waals surface area (Å²) < 4.78 is 32.5. The number of benzene rings is 2. The summed E-state index contributed by atoms with van der Waals surface area (Å²) in [6.07, 6.45) is 0. The van der Waals surface area contributed by atoms with Crippen LogP contribution in [0, 0.1) is 11.6 Å². The Balaban J connectivity index is 2.16. The lowest BCUT2D eigenvalue weighted by Gasteiger charge is -2.11. The second-order valence-corrected chi connectivity index (χ2v) is 4.82. The smallest absolute Gasteiger partial charge is 0.165 e. The third-order valence-corrected chi connectivity index (χ3v) is 3.24. The van der Waals surface area contributed by atoms with Gasteiger partial charge < -0.3 is 10.5 Å². The maximum absolute atomic E-state index is 13.6. The van der Waals surface area contributed by atoms with Crippen LogP contribution in [0.3, 0.4) is 0 Å². The summed E-state index contributed by atoms with van der Waals surface area (Å²) in [7, 11) is 0. The van der Waals surface area contributed by atoms with E-state index in [0.29, 0.717) is 10.0 Å². The Kier molecular flexibility index (Phi) is 4.50. The average Bonchev–Trinajstić information content (AvgIpc) is 2.41. The first-order valence-corrected chi connectivity index (χ1v) is 6.45. The van der Waals surface area contributed by atoms with Gasteiger partial charge in [0.05, 0.1) is 4.47 Å². The SMILES string of the molecule is NCc1cccc(F)c1OCc1ccc(F)c(Br)c1. The van der Waals surface area contributed by atoms with Gasteiger partial charge in [-0.1, -0.05) is 18.2 Å². The van der Waals surface area contributed by atoms with Crippen molar-refractivity contribution in [1.29, 1.82) is 0 Å². The topological polar surface area (TPSA) is 35.2 Å². The standard InChI is InChI=1S/C14H12BrF2NO/c15-11-6-9(4-5-12(11)16)8-19-14-10(7-18)2-1-3-13(14)17/h1-6H,7-8,18H2. The maximum atomic E-state index is 13.6. The van der Waals surface area contributed by atoms with Gasteiger partial charge in [-0.25, -0.2) is 8.78 Å². The van der Waals surface area contributed by atoms with Crippen LogP contribution in [0.1, 0.15) is 11.1 Å². The molecule has 0 unspecified atom stereocenters. The van der Waals surface area contributed by atoms with Crippen LogP contribution in [0.2, 0.25) is 0 Å². The van der Waals surface area contributed by atoms with Crippen LogP contribution in [-0.4, -0.2) is 0 Å². The summed E-state index contributed by atoms with van der Waals surface area (Å²) in [5.41, 5.74) is 6.86. The summed E-state index contributed by atoms with van der Waals surface area (Å²) in [6, 6.07) is 9.11. The number of hydrogen-bond donors (Lipinski definition) is 1. The molecule has 100 valence electrons. The first-order valence-electron chi connectivity index (χ1n) is 5.66. The Bertz CT molecular complexity index is 590. The number of hydrogen-bond acceptors (Lipinski definition) is 2. The average molecular weight is 328 g/mol. The second-order valence-electron chi connectivity index (χ2n) is 3.97. The zero-order chi connectivity index (χ0) is 13.8. The third-order valence-electron chi connectivity index (χ3n) is 2.64. The van der Waals surface area contributed by atoms with E-state index < -0.39 is 5.82 Å². The van der Waals surface area contributed by atoms with E-state index in [-0.39, 0.29) is 24.7 Å². The molecular weight excluding hydrogens is 316 g/mol. The van der Waals surface area contributed by atoms with E-state index in [4.69, 9.17) is 10.5 Å². The van der Waals surface area contributed by atoms with Crippen LogP contribution >= 0.6 is 15.9 Å². The summed E-state index contributed by atoms with van der Waals surface area (Å²) >= 11 is 3.09. The van der Waals surface area contributed by atoms with Gasteiger partial charge in [0.15, 0.2) is 11.6 Å². The maximum Gasteiger partial charge on any atom is 0.165 e. The highest BCUT2D eigenvalue weighted by Gasteiger charge is 2.09. The van der Waals surface area contributed by atoms with Crippen molar-refractivity contribution in [2.24, 2.45) is 5.73 Å². The van der Waals surface area contributed by atoms with Gasteiger partial charge >= 0.3 is 0 Å². The lowest BCUT2D eigenvalue weighted by atomic mass is 10.2. The molecular formula is C14H12BrF2NO. The Morgan fingerprint density at radius 2 is 1.89 bits per heavy atom. The van der Waals surface area contributed by atoms with Crippen molar-refractivity contribution < 1.29 is 13.5 Å². The normalized spacial score (nSPS) is 10.5. The molecule has 2 nitrogen and oxygen atoms in total. The van der Waals surface area contributed by atoms with E-state index in [0.717, 1.165) is 5.56 Å². The van der Waals surface area contributed by atoms with E-state index in [2.05, 4.69) is 15.9 Å².